The summed E-state index contributed by atoms with van der Waals surface area (Å²) in [6.07, 6.45) is 18.9. The Labute approximate surface area is 168 Å². The first-order valence-electron chi connectivity index (χ1n) is 11.6. The van der Waals surface area contributed by atoms with E-state index >= 15 is 0 Å². The third-order valence-corrected chi connectivity index (χ3v) is 4.44. The molecule has 0 spiro atoms. The van der Waals surface area contributed by atoms with E-state index in [9.17, 15) is 0 Å². The number of allylic oxidation sites excluding steroid dienone is 4. The zero-order valence-electron chi connectivity index (χ0n) is 20.3. The van der Waals surface area contributed by atoms with Gasteiger partial charge in [0.05, 0.1) is 0 Å². The Morgan fingerprint density at radius 2 is 1.38 bits per heavy atom. The van der Waals surface area contributed by atoms with E-state index in [1.54, 1.807) is 0 Å². The molecule has 0 amide bonds. The van der Waals surface area contributed by atoms with Crippen molar-refractivity contribution in [3.8, 4) is 0 Å². The van der Waals surface area contributed by atoms with Crippen LogP contribution in [-0.2, 0) is 0 Å². The van der Waals surface area contributed by atoms with Crippen LogP contribution in [0.15, 0.2) is 23.8 Å². The molecule has 0 aromatic rings. The first-order valence-corrected chi connectivity index (χ1v) is 11.6. The predicted octanol–water partition coefficient (Wildman–Crippen LogP) is 10.0. The van der Waals surface area contributed by atoms with Crippen LogP contribution >= 0.6 is 0 Å². The highest BCUT2D eigenvalue weighted by Crippen LogP contribution is 2.16. The third-order valence-electron chi connectivity index (χ3n) is 4.44. The van der Waals surface area contributed by atoms with Gasteiger partial charge in [0.25, 0.3) is 0 Å². The highest BCUT2D eigenvalue weighted by molar-refractivity contribution is 4.92. The predicted molar refractivity (Wildman–Crippen MR) is 126 cm³/mol. The minimum Gasteiger partial charge on any atom is -0.0885 e. The average molecular weight is 367 g/mol. The maximum Gasteiger partial charge on any atom is -0.0213 e. The van der Waals surface area contributed by atoms with E-state index in [2.05, 4.69) is 87.5 Å². The molecule has 0 heteroatoms. The van der Waals surface area contributed by atoms with Crippen molar-refractivity contribution in [3.05, 3.63) is 23.8 Å². The van der Waals surface area contributed by atoms with Crippen LogP contribution in [0.2, 0.25) is 0 Å². The van der Waals surface area contributed by atoms with E-state index in [4.69, 9.17) is 0 Å². The summed E-state index contributed by atoms with van der Waals surface area (Å²) in [5, 5.41) is 0. The van der Waals surface area contributed by atoms with Crippen molar-refractivity contribution in [1.82, 2.24) is 0 Å². The second-order valence-electron chi connectivity index (χ2n) is 8.47. The summed E-state index contributed by atoms with van der Waals surface area (Å²) < 4.78 is 0. The van der Waals surface area contributed by atoms with Crippen LogP contribution in [0.1, 0.15) is 127 Å². The fourth-order valence-electron chi connectivity index (χ4n) is 2.54. The molecule has 0 aliphatic carbocycles. The molecular formula is C26H54. The van der Waals surface area contributed by atoms with Gasteiger partial charge in [-0.1, -0.05) is 118 Å². The van der Waals surface area contributed by atoms with Gasteiger partial charge in [-0.25, -0.2) is 0 Å². The van der Waals surface area contributed by atoms with Gasteiger partial charge in [0.15, 0.2) is 0 Å². The Kier molecular flexibility index (Phi) is 28.4. The Hall–Kier alpha value is -0.520. The molecule has 0 radical (unpaired) electrons. The molecule has 0 aromatic heterocycles. The molecular weight excluding hydrogens is 312 g/mol. The van der Waals surface area contributed by atoms with Crippen molar-refractivity contribution in [3.63, 3.8) is 0 Å². The lowest BCUT2D eigenvalue weighted by Crippen LogP contribution is -2.02. The van der Waals surface area contributed by atoms with E-state index in [0.29, 0.717) is 0 Å². The van der Waals surface area contributed by atoms with Crippen molar-refractivity contribution >= 4 is 0 Å². The molecule has 0 aromatic carbocycles. The lowest BCUT2D eigenvalue weighted by atomic mass is 9.93. The van der Waals surface area contributed by atoms with Gasteiger partial charge in [-0.3, -0.25) is 0 Å². The Morgan fingerprint density at radius 1 is 0.808 bits per heavy atom. The molecule has 0 N–H and O–H groups in total. The van der Waals surface area contributed by atoms with Gasteiger partial charge in [0, 0.05) is 0 Å². The van der Waals surface area contributed by atoms with E-state index in [1.165, 1.54) is 63.4 Å². The lowest BCUT2D eigenvalue weighted by molar-refractivity contribution is 0.452. The number of hydrogen-bond donors (Lipinski definition) is 0. The molecule has 1 unspecified atom stereocenters. The van der Waals surface area contributed by atoms with E-state index < -0.39 is 0 Å². The topological polar surface area (TPSA) is 0 Å². The standard InChI is InChI=1S/C10H20.C8H18.C8H16/c1-5-7-8-10(6-2)9(3)4;2*1-4-5-6-7-8(2)3/h7-10H,5-6H2,1-4H3;8H,4-7H2,1-3H3;7H,4-6H2,1-3H3/b8-7+;;. The molecule has 0 fully saturated rings. The van der Waals surface area contributed by atoms with Gasteiger partial charge in [0.2, 0.25) is 0 Å². The van der Waals surface area contributed by atoms with Crippen molar-refractivity contribution in [1.29, 1.82) is 0 Å². The first kappa shape index (κ1) is 30.2. The summed E-state index contributed by atoms with van der Waals surface area (Å²) in [5.74, 6) is 2.49. The maximum absolute atomic E-state index is 2.35. The Balaban J connectivity index is -0.000000308. The molecule has 0 rings (SSSR count). The SMILES string of the molecule is CC/C=C/C(CC)C(C)C.CCCCC=C(C)C.CCCCCC(C)C. The molecule has 0 saturated heterocycles. The van der Waals surface area contributed by atoms with Crippen LogP contribution in [-0.4, -0.2) is 0 Å². The molecule has 0 aliphatic rings. The maximum atomic E-state index is 2.35. The normalized spacial score (nSPS) is 11.7. The number of hydrogen-bond acceptors (Lipinski definition) is 0. The van der Waals surface area contributed by atoms with Crippen molar-refractivity contribution < 1.29 is 0 Å². The minimum absolute atomic E-state index is 0.792. The fourth-order valence-corrected chi connectivity index (χ4v) is 2.54. The monoisotopic (exact) mass is 366 g/mol. The molecule has 0 heterocycles. The quantitative estimate of drug-likeness (QED) is 0.252. The molecule has 0 nitrogen and oxygen atoms in total. The largest absolute Gasteiger partial charge is 0.0885 e. The van der Waals surface area contributed by atoms with Gasteiger partial charge >= 0.3 is 0 Å². The second-order valence-corrected chi connectivity index (χ2v) is 8.47. The van der Waals surface area contributed by atoms with Gasteiger partial charge < -0.3 is 0 Å². The summed E-state index contributed by atoms with van der Waals surface area (Å²) >= 11 is 0. The number of rotatable bonds is 11. The second kappa shape index (κ2) is 24.5. The Morgan fingerprint density at radius 3 is 1.73 bits per heavy atom. The lowest BCUT2D eigenvalue weighted by Gasteiger charge is -2.13. The fraction of sp³-hybridized carbons (Fsp3) is 0.846. The van der Waals surface area contributed by atoms with Crippen LogP contribution in [0.5, 0.6) is 0 Å². The minimum atomic E-state index is 0.792. The van der Waals surface area contributed by atoms with Crippen LogP contribution < -0.4 is 0 Å². The summed E-state index contributed by atoms with van der Waals surface area (Å²) in [7, 11) is 0. The molecule has 158 valence electrons. The Bertz CT molecular complexity index is 289. The highest BCUT2D eigenvalue weighted by atomic mass is 14.1. The molecule has 0 bridgehead atoms. The van der Waals surface area contributed by atoms with Gasteiger partial charge in [-0.2, -0.15) is 0 Å². The van der Waals surface area contributed by atoms with E-state index in [-0.39, 0.29) is 0 Å². The number of unbranched alkanes of at least 4 members (excludes halogenated alkanes) is 4. The first-order chi connectivity index (χ1) is 12.3. The van der Waals surface area contributed by atoms with Crippen LogP contribution in [0.3, 0.4) is 0 Å². The van der Waals surface area contributed by atoms with Gasteiger partial charge in [-0.05, 0) is 50.9 Å². The highest BCUT2D eigenvalue weighted by Gasteiger charge is 2.05. The molecule has 0 aliphatic heterocycles. The van der Waals surface area contributed by atoms with Crippen LogP contribution in [0.4, 0.5) is 0 Å². The summed E-state index contributed by atoms with van der Waals surface area (Å²) in [6.45, 7) is 22.4. The molecule has 26 heavy (non-hydrogen) atoms. The van der Waals surface area contributed by atoms with Crippen LogP contribution in [0, 0.1) is 17.8 Å². The van der Waals surface area contributed by atoms with Crippen molar-refractivity contribution in [2.24, 2.45) is 17.8 Å². The third kappa shape index (κ3) is 31.3. The van der Waals surface area contributed by atoms with Crippen molar-refractivity contribution in [2.75, 3.05) is 0 Å². The summed E-state index contributed by atoms with van der Waals surface area (Å²) in [5.41, 5.74) is 1.44. The average Bonchev–Trinajstić information content (AvgIpc) is 2.56. The summed E-state index contributed by atoms with van der Waals surface area (Å²) in [6, 6.07) is 0. The smallest absolute Gasteiger partial charge is 0.0213 e. The van der Waals surface area contributed by atoms with Crippen LogP contribution in [0.25, 0.3) is 0 Å². The van der Waals surface area contributed by atoms with Gasteiger partial charge in [0.1, 0.15) is 0 Å². The molecule has 0 saturated carbocycles. The van der Waals surface area contributed by atoms with Gasteiger partial charge in [-0.15, -0.1) is 0 Å². The zero-order valence-corrected chi connectivity index (χ0v) is 20.3. The van der Waals surface area contributed by atoms with E-state index in [1.807, 2.05) is 0 Å². The summed E-state index contributed by atoms with van der Waals surface area (Å²) in [4.78, 5) is 0. The zero-order chi connectivity index (χ0) is 20.8. The molecule has 1 atom stereocenters. The van der Waals surface area contributed by atoms with E-state index in [0.717, 1.165) is 17.8 Å². The van der Waals surface area contributed by atoms with Crippen molar-refractivity contribution in [2.45, 2.75) is 127 Å².